The van der Waals surface area contributed by atoms with Crippen LogP contribution in [0.15, 0.2) is 47.6 Å². The molecule has 6 heteroatoms. The van der Waals surface area contributed by atoms with Gasteiger partial charge in [0, 0.05) is 5.56 Å². The van der Waals surface area contributed by atoms with E-state index in [1.807, 2.05) is 19.1 Å². The summed E-state index contributed by atoms with van der Waals surface area (Å²) in [5.41, 5.74) is 3.58. The van der Waals surface area contributed by atoms with Crippen LogP contribution in [0.2, 0.25) is 0 Å². The van der Waals surface area contributed by atoms with Crippen molar-refractivity contribution in [3.05, 3.63) is 65.2 Å². The van der Waals surface area contributed by atoms with Gasteiger partial charge in [0.15, 0.2) is 6.61 Å². The number of hydrazone groups is 1. The van der Waals surface area contributed by atoms with E-state index in [1.54, 1.807) is 12.1 Å². The van der Waals surface area contributed by atoms with Crippen LogP contribution in [0, 0.1) is 11.6 Å². The van der Waals surface area contributed by atoms with Crippen LogP contribution in [-0.2, 0) is 11.2 Å². The van der Waals surface area contributed by atoms with E-state index in [9.17, 15) is 13.6 Å². The van der Waals surface area contributed by atoms with Gasteiger partial charge in [-0.15, -0.1) is 0 Å². The zero-order valence-corrected chi connectivity index (χ0v) is 13.5. The molecule has 0 atom stereocenters. The van der Waals surface area contributed by atoms with E-state index in [-0.39, 0.29) is 17.9 Å². The SMILES string of the molecule is CCc1ccc(OCC(=O)N/N=C(/C)c2cc(F)ccc2F)cc1. The molecule has 2 aromatic rings. The molecule has 0 radical (unpaired) electrons. The molecule has 0 saturated carbocycles. The lowest BCUT2D eigenvalue weighted by Crippen LogP contribution is -2.25. The van der Waals surface area contributed by atoms with E-state index in [0.29, 0.717) is 5.75 Å². The smallest absolute Gasteiger partial charge is 0.277 e. The van der Waals surface area contributed by atoms with Crippen LogP contribution in [0.4, 0.5) is 8.78 Å². The summed E-state index contributed by atoms with van der Waals surface area (Å²) in [5, 5.41) is 3.77. The lowest BCUT2D eigenvalue weighted by atomic mass is 10.1. The maximum atomic E-state index is 13.6. The van der Waals surface area contributed by atoms with E-state index in [1.165, 1.54) is 12.5 Å². The lowest BCUT2D eigenvalue weighted by molar-refractivity contribution is -0.123. The third kappa shape index (κ3) is 4.87. The molecule has 2 aromatic carbocycles. The molecule has 0 saturated heterocycles. The highest BCUT2D eigenvalue weighted by molar-refractivity contribution is 5.99. The Hall–Kier alpha value is -2.76. The lowest BCUT2D eigenvalue weighted by Gasteiger charge is -2.07. The first-order chi connectivity index (χ1) is 11.5. The van der Waals surface area contributed by atoms with Crippen molar-refractivity contribution in [3.63, 3.8) is 0 Å². The minimum atomic E-state index is -0.612. The second-order valence-corrected chi connectivity index (χ2v) is 5.14. The van der Waals surface area contributed by atoms with Gasteiger partial charge in [0.25, 0.3) is 5.91 Å². The molecular weight excluding hydrogens is 314 g/mol. The van der Waals surface area contributed by atoms with Crippen LogP contribution in [-0.4, -0.2) is 18.2 Å². The molecule has 1 amide bonds. The van der Waals surface area contributed by atoms with Crippen molar-refractivity contribution in [1.29, 1.82) is 0 Å². The van der Waals surface area contributed by atoms with Crippen molar-refractivity contribution in [2.75, 3.05) is 6.61 Å². The van der Waals surface area contributed by atoms with Gasteiger partial charge in [0.05, 0.1) is 5.71 Å². The molecule has 2 rings (SSSR count). The number of nitrogens with one attached hydrogen (secondary N) is 1. The molecule has 0 unspecified atom stereocenters. The van der Waals surface area contributed by atoms with Crippen molar-refractivity contribution in [2.24, 2.45) is 5.10 Å². The first-order valence-corrected chi connectivity index (χ1v) is 7.50. The highest BCUT2D eigenvalue weighted by Crippen LogP contribution is 2.12. The van der Waals surface area contributed by atoms with Gasteiger partial charge in [0.1, 0.15) is 17.4 Å². The number of nitrogens with zero attached hydrogens (tertiary/aromatic N) is 1. The molecule has 0 bridgehead atoms. The average molecular weight is 332 g/mol. The first-order valence-electron chi connectivity index (χ1n) is 7.50. The normalized spacial score (nSPS) is 11.2. The zero-order valence-electron chi connectivity index (χ0n) is 13.5. The third-order valence-electron chi connectivity index (χ3n) is 3.37. The number of carbonyl (C=O) groups excluding carboxylic acids is 1. The summed E-state index contributed by atoms with van der Waals surface area (Å²) in [5.74, 6) is -1.12. The molecule has 4 nitrogen and oxygen atoms in total. The summed E-state index contributed by atoms with van der Waals surface area (Å²) in [6.45, 7) is 3.29. The molecule has 0 aliphatic heterocycles. The Bertz CT molecular complexity index is 743. The fraction of sp³-hybridized carbons (Fsp3) is 0.222. The van der Waals surface area contributed by atoms with Crippen molar-refractivity contribution in [3.8, 4) is 5.75 Å². The van der Waals surface area contributed by atoms with Gasteiger partial charge in [-0.2, -0.15) is 5.10 Å². The molecule has 0 spiro atoms. The number of hydrogen-bond donors (Lipinski definition) is 1. The van der Waals surface area contributed by atoms with Crippen LogP contribution in [0.5, 0.6) is 5.75 Å². The minimum Gasteiger partial charge on any atom is -0.484 e. The first kappa shape index (κ1) is 17.6. The van der Waals surface area contributed by atoms with E-state index >= 15 is 0 Å². The van der Waals surface area contributed by atoms with Gasteiger partial charge in [0.2, 0.25) is 0 Å². The number of amides is 1. The molecule has 1 N–H and O–H groups in total. The maximum absolute atomic E-state index is 13.6. The van der Waals surface area contributed by atoms with Gasteiger partial charge >= 0.3 is 0 Å². The molecule has 0 heterocycles. The van der Waals surface area contributed by atoms with Crippen molar-refractivity contribution in [1.82, 2.24) is 5.43 Å². The van der Waals surface area contributed by atoms with Gasteiger partial charge in [-0.1, -0.05) is 19.1 Å². The predicted molar refractivity (Wildman–Crippen MR) is 88.0 cm³/mol. The highest BCUT2D eigenvalue weighted by atomic mass is 19.1. The summed E-state index contributed by atoms with van der Waals surface area (Å²) in [6, 6.07) is 10.4. The predicted octanol–water partition coefficient (Wildman–Crippen LogP) is 3.45. The second kappa shape index (κ2) is 8.19. The van der Waals surface area contributed by atoms with Gasteiger partial charge in [-0.3, -0.25) is 4.79 Å². The van der Waals surface area contributed by atoms with E-state index in [0.717, 1.165) is 24.6 Å². The highest BCUT2D eigenvalue weighted by Gasteiger charge is 2.08. The van der Waals surface area contributed by atoms with Crippen molar-refractivity contribution < 1.29 is 18.3 Å². The Labute approximate surface area is 139 Å². The quantitative estimate of drug-likeness (QED) is 0.651. The number of benzene rings is 2. The number of aryl methyl sites for hydroxylation is 1. The minimum absolute atomic E-state index is 0.00799. The van der Waals surface area contributed by atoms with Crippen LogP contribution in [0.25, 0.3) is 0 Å². The van der Waals surface area contributed by atoms with E-state index in [4.69, 9.17) is 4.74 Å². The van der Waals surface area contributed by atoms with Crippen LogP contribution >= 0.6 is 0 Å². The average Bonchev–Trinajstić information content (AvgIpc) is 2.60. The van der Waals surface area contributed by atoms with Crippen LogP contribution in [0.3, 0.4) is 0 Å². The number of hydrogen-bond acceptors (Lipinski definition) is 3. The Morgan fingerprint density at radius 2 is 1.88 bits per heavy atom. The fourth-order valence-corrected chi connectivity index (χ4v) is 1.98. The van der Waals surface area contributed by atoms with Crippen LogP contribution in [0.1, 0.15) is 25.0 Å². The number of rotatable bonds is 6. The summed E-state index contributed by atoms with van der Waals surface area (Å²) in [6.07, 6.45) is 0.922. The largest absolute Gasteiger partial charge is 0.484 e. The Morgan fingerprint density at radius 1 is 1.17 bits per heavy atom. The summed E-state index contributed by atoms with van der Waals surface area (Å²) in [4.78, 5) is 11.7. The topological polar surface area (TPSA) is 50.7 Å². The fourth-order valence-electron chi connectivity index (χ4n) is 1.98. The Balaban J connectivity index is 1.90. The third-order valence-corrected chi connectivity index (χ3v) is 3.37. The Morgan fingerprint density at radius 3 is 2.54 bits per heavy atom. The van der Waals surface area contributed by atoms with Gasteiger partial charge in [-0.25, -0.2) is 14.2 Å². The maximum Gasteiger partial charge on any atom is 0.277 e. The van der Waals surface area contributed by atoms with Crippen molar-refractivity contribution in [2.45, 2.75) is 20.3 Å². The van der Waals surface area contributed by atoms with E-state index < -0.39 is 17.5 Å². The molecular formula is C18H18F2N2O2. The second-order valence-electron chi connectivity index (χ2n) is 5.14. The van der Waals surface area contributed by atoms with Gasteiger partial charge in [-0.05, 0) is 49.2 Å². The van der Waals surface area contributed by atoms with Crippen LogP contribution < -0.4 is 10.2 Å². The summed E-state index contributed by atoms with van der Waals surface area (Å²) < 4.78 is 32.1. The monoisotopic (exact) mass is 332 g/mol. The molecule has 0 aliphatic carbocycles. The van der Waals surface area contributed by atoms with Gasteiger partial charge < -0.3 is 4.74 Å². The zero-order chi connectivity index (χ0) is 17.5. The molecule has 0 fully saturated rings. The number of carbonyl (C=O) groups is 1. The van der Waals surface area contributed by atoms with Crippen molar-refractivity contribution >= 4 is 11.6 Å². The van der Waals surface area contributed by atoms with E-state index in [2.05, 4.69) is 10.5 Å². The summed E-state index contributed by atoms with van der Waals surface area (Å²) >= 11 is 0. The molecule has 24 heavy (non-hydrogen) atoms. The molecule has 0 aliphatic rings. The standard InChI is InChI=1S/C18H18F2N2O2/c1-3-13-4-7-15(8-5-13)24-11-18(23)22-21-12(2)16-10-14(19)6-9-17(16)20/h4-10H,3,11H2,1-2H3,(H,22,23)/b21-12-. The molecule has 0 aromatic heterocycles. The summed E-state index contributed by atoms with van der Waals surface area (Å²) in [7, 11) is 0. The Kier molecular flexibility index (Phi) is 6.01. The number of ether oxygens (including phenoxy) is 1. The molecule has 126 valence electrons. The number of halogens is 2.